The predicted octanol–water partition coefficient (Wildman–Crippen LogP) is 3.39. The number of hydrogen-bond acceptors (Lipinski definition) is 5. The van der Waals surface area contributed by atoms with Gasteiger partial charge in [-0.05, 0) is 41.0 Å². The molecule has 1 amide bonds. The van der Waals surface area contributed by atoms with Gasteiger partial charge in [-0.2, -0.15) is 0 Å². The molecule has 3 rings (SSSR count). The maximum atomic E-state index is 13.0. The van der Waals surface area contributed by atoms with Crippen molar-refractivity contribution in [3.63, 3.8) is 0 Å². The number of halogens is 1. The number of hydrogen-bond donors (Lipinski definition) is 0. The van der Waals surface area contributed by atoms with Crippen LogP contribution in [0.4, 0.5) is 0 Å². The molecule has 1 saturated heterocycles. The van der Waals surface area contributed by atoms with Gasteiger partial charge in [0.1, 0.15) is 17.9 Å². The van der Waals surface area contributed by atoms with E-state index in [1.54, 1.807) is 19.2 Å². The monoisotopic (exact) mass is 424 g/mol. The Morgan fingerprint density at radius 3 is 2.65 bits per heavy atom. The van der Waals surface area contributed by atoms with Crippen molar-refractivity contribution < 1.29 is 18.7 Å². The zero-order valence-electron chi connectivity index (χ0n) is 15.3. The molecule has 0 atom stereocenters. The van der Waals surface area contributed by atoms with E-state index in [2.05, 4.69) is 27.8 Å². The first-order valence-electron chi connectivity index (χ1n) is 8.98. The summed E-state index contributed by atoms with van der Waals surface area (Å²) in [6.45, 7) is 7.51. The average Bonchev–Trinajstić information content (AvgIpc) is 3.02. The summed E-state index contributed by atoms with van der Waals surface area (Å²) in [7, 11) is 1.63. The Hall–Kier alpha value is -1.57. The van der Waals surface area contributed by atoms with E-state index >= 15 is 0 Å². The fraction of sp³-hybridized carbons (Fsp3) is 0.526. The summed E-state index contributed by atoms with van der Waals surface area (Å²) in [6, 6.07) is 5.46. The lowest BCUT2D eigenvalue weighted by Crippen LogP contribution is -2.48. The van der Waals surface area contributed by atoms with Crippen LogP contribution in [0.3, 0.4) is 0 Å². The van der Waals surface area contributed by atoms with Gasteiger partial charge < -0.3 is 18.8 Å². The minimum atomic E-state index is 0.0205. The number of amides is 1. The van der Waals surface area contributed by atoms with Crippen LogP contribution in [0.1, 0.15) is 23.7 Å². The van der Waals surface area contributed by atoms with Gasteiger partial charge in [-0.3, -0.25) is 9.69 Å². The molecular formula is C19H25BrN2O4. The number of methoxy groups -OCH3 is 1. The van der Waals surface area contributed by atoms with Crippen molar-refractivity contribution in [1.29, 1.82) is 0 Å². The largest absolute Gasteiger partial charge is 0.490 e. The summed E-state index contributed by atoms with van der Waals surface area (Å²) < 4.78 is 17.1. The van der Waals surface area contributed by atoms with Gasteiger partial charge in [0.25, 0.3) is 5.91 Å². The molecular weight excluding hydrogens is 400 g/mol. The second-order valence-electron chi connectivity index (χ2n) is 6.41. The van der Waals surface area contributed by atoms with E-state index in [1.807, 2.05) is 11.0 Å². The molecule has 1 aromatic carbocycles. The van der Waals surface area contributed by atoms with Gasteiger partial charge in [-0.1, -0.05) is 6.92 Å². The molecule has 6 nitrogen and oxygen atoms in total. The summed E-state index contributed by atoms with van der Waals surface area (Å²) in [5, 5.41) is 0.845. The maximum Gasteiger partial charge on any atom is 0.254 e. The van der Waals surface area contributed by atoms with Crippen LogP contribution in [0.15, 0.2) is 27.3 Å². The molecule has 0 N–H and O–H groups in total. The molecule has 0 bridgehead atoms. The highest BCUT2D eigenvalue weighted by molar-refractivity contribution is 9.10. The van der Waals surface area contributed by atoms with E-state index < -0.39 is 0 Å². The van der Waals surface area contributed by atoms with Crippen LogP contribution < -0.4 is 4.74 Å². The van der Waals surface area contributed by atoms with Gasteiger partial charge in [-0.15, -0.1) is 0 Å². The summed E-state index contributed by atoms with van der Waals surface area (Å²) in [6.07, 6.45) is 1.14. The molecule has 0 spiro atoms. The van der Waals surface area contributed by atoms with Crippen LogP contribution in [0.25, 0.3) is 11.0 Å². The SMILES string of the molecule is CCCN1CCN(C(=O)c2cc(OCCOC)c3cc(Br)oc3c2)CC1. The summed E-state index contributed by atoms with van der Waals surface area (Å²) in [5.41, 5.74) is 1.23. The van der Waals surface area contributed by atoms with Gasteiger partial charge in [0.2, 0.25) is 0 Å². The zero-order valence-corrected chi connectivity index (χ0v) is 16.9. The molecule has 2 aromatic rings. The molecule has 0 saturated carbocycles. The van der Waals surface area contributed by atoms with Crippen molar-refractivity contribution >= 4 is 32.8 Å². The molecule has 7 heteroatoms. The number of fused-ring (bicyclic) bond motifs is 1. The molecule has 0 radical (unpaired) electrons. The van der Waals surface area contributed by atoms with Gasteiger partial charge in [0, 0.05) is 44.9 Å². The normalized spacial score (nSPS) is 15.6. The molecule has 142 valence electrons. The molecule has 1 aliphatic rings. The van der Waals surface area contributed by atoms with Crippen molar-refractivity contribution in [3.05, 3.63) is 28.4 Å². The van der Waals surface area contributed by atoms with Crippen molar-refractivity contribution in [2.24, 2.45) is 0 Å². The number of carbonyl (C=O) groups is 1. The number of ether oxygens (including phenoxy) is 2. The lowest BCUT2D eigenvalue weighted by Gasteiger charge is -2.34. The number of carbonyl (C=O) groups excluding carboxylic acids is 1. The van der Waals surface area contributed by atoms with E-state index in [-0.39, 0.29) is 5.91 Å². The maximum absolute atomic E-state index is 13.0. The van der Waals surface area contributed by atoms with E-state index in [1.165, 1.54) is 0 Å². The zero-order chi connectivity index (χ0) is 18.5. The standard InChI is InChI=1S/C19H25BrN2O4/c1-3-4-21-5-7-22(8-6-21)19(23)14-11-16(25-10-9-24-2)15-13-18(20)26-17(15)12-14/h11-13H,3-10H2,1-2H3. The van der Waals surface area contributed by atoms with Crippen molar-refractivity contribution in [2.45, 2.75) is 13.3 Å². The highest BCUT2D eigenvalue weighted by Crippen LogP contribution is 2.33. The molecule has 0 aliphatic carbocycles. The molecule has 1 aliphatic heterocycles. The highest BCUT2D eigenvalue weighted by Gasteiger charge is 2.23. The first kappa shape index (κ1) is 19.2. The first-order valence-corrected chi connectivity index (χ1v) is 9.78. The quantitative estimate of drug-likeness (QED) is 0.637. The van der Waals surface area contributed by atoms with Gasteiger partial charge in [0.15, 0.2) is 4.67 Å². The Bertz CT molecular complexity index is 753. The third kappa shape index (κ3) is 4.39. The minimum absolute atomic E-state index is 0.0205. The third-order valence-electron chi connectivity index (χ3n) is 4.56. The van der Waals surface area contributed by atoms with Crippen LogP contribution in [-0.4, -0.2) is 68.8 Å². The molecule has 1 fully saturated rings. The number of rotatable bonds is 7. The lowest BCUT2D eigenvalue weighted by atomic mass is 10.1. The molecule has 0 unspecified atom stereocenters. The predicted molar refractivity (Wildman–Crippen MR) is 104 cm³/mol. The average molecular weight is 425 g/mol. The number of piperazine rings is 1. The topological polar surface area (TPSA) is 55.2 Å². The van der Waals surface area contributed by atoms with Gasteiger partial charge in [0.05, 0.1) is 12.0 Å². The van der Waals surface area contributed by atoms with Gasteiger partial charge in [-0.25, -0.2) is 0 Å². The summed E-state index contributed by atoms with van der Waals surface area (Å²) in [5.74, 6) is 0.661. The Kier molecular flexibility index (Phi) is 6.56. The molecule has 1 aromatic heterocycles. The van der Waals surface area contributed by atoms with Crippen LogP contribution in [0, 0.1) is 0 Å². The van der Waals surface area contributed by atoms with Gasteiger partial charge >= 0.3 is 0 Å². The number of benzene rings is 1. The van der Waals surface area contributed by atoms with Crippen LogP contribution in [-0.2, 0) is 4.74 Å². The lowest BCUT2D eigenvalue weighted by molar-refractivity contribution is 0.0637. The second-order valence-corrected chi connectivity index (χ2v) is 7.19. The summed E-state index contributed by atoms with van der Waals surface area (Å²) >= 11 is 3.35. The van der Waals surface area contributed by atoms with Crippen molar-refractivity contribution in [1.82, 2.24) is 9.80 Å². The van der Waals surface area contributed by atoms with E-state index in [0.717, 1.165) is 44.5 Å². The number of furan rings is 1. The first-order chi connectivity index (χ1) is 12.6. The Labute approximate surface area is 162 Å². The van der Waals surface area contributed by atoms with E-state index in [9.17, 15) is 4.79 Å². The highest BCUT2D eigenvalue weighted by atomic mass is 79.9. The third-order valence-corrected chi connectivity index (χ3v) is 4.95. The Balaban J connectivity index is 1.79. The van der Waals surface area contributed by atoms with Crippen LogP contribution in [0.2, 0.25) is 0 Å². The van der Waals surface area contributed by atoms with E-state index in [4.69, 9.17) is 13.9 Å². The second kappa shape index (κ2) is 8.88. The van der Waals surface area contributed by atoms with Crippen LogP contribution >= 0.6 is 15.9 Å². The Morgan fingerprint density at radius 2 is 1.96 bits per heavy atom. The fourth-order valence-electron chi connectivity index (χ4n) is 3.23. The summed E-state index contributed by atoms with van der Waals surface area (Å²) in [4.78, 5) is 17.3. The number of nitrogens with zero attached hydrogens (tertiary/aromatic N) is 2. The van der Waals surface area contributed by atoms with Crippen LogP contribution in [0.5, 0.6) is 5.75 Å². The van der Waals surface area contributed by atoms with Crippen molar-refractivity contribution in [2.75, 3.05) is 53.0 Å². The Morgan fingerprint density at radius 1 is 1.19 bits per heavy atom. The van der Waals surface area contributed by atoms with E-state index in [0.29, 0.717) is 34.8 Å². The smallest absolute Gasteiger partial charge is 0.254 e. The minimum Gasteiger partial charge on any atom is -0.490 e. The van der Waals surface area contributed by atoms with Crippen molar-refractivity contribution in [3.8, 4) is 5.75 Å². The molecule has 26 heavy (non-hydrogen) atoms. The molecule has 2 heterocycles. The fourth-order valence-corrected chi connectivity index (χ4v) is 3.63.